The number of aromatic nitrogens is 3. The molecule has 31 heavy (non-hydrogen) atoms. The highest BCUT2D eigenvalue weighted by atomic mass is 32.2. The topological polar surface area (TPSA) is 57.0 Å². The van der Waals surface area contributed by atoms with Crippen LogP contribution < -0.4 is 0 Å². The molecule has 4 aromatic rings. The number of ether oxygens (including phenoxy) is 1. The van der Waals surface area contributed by atoms with Crippen molar-refractivity contribution in [2.75, 3.05) is 6.61 Å². The molecule has 7 heteroatoms. The van der Waals surface area contributed by atoms with Crippen LogP contribution in [0.15, 0.2) is 72.1 Å². The minimum atomic E-state index is -0.376. The van der Waals surface area contributed by atoms with Crippen LogP contribution in [0.25, 0.3) is 27.8 Å². The lowest BCUT2D eigenvalue weighted by molar-refractivity contribution is -0.142. The van der Waals surface area contributed by atoms with Gasteiger partial charge in [0.1, 0.15) is 28.1 Å². The zero-order chi connectivity index (χ0) is 21.8. The Kier molecular flexibility index (Phi) is 6.32. The summed E-state index contributed by atoms with van der Waals surface area (Å²) in [6, 6.07) is 16.3. The van der Waals surface area contributed by atoms with E-state index in [1.54, 1.807) is 13.0 Å². The number of hydrogen-bond acceptors (Lipinski definition) is 5. The average Bonchev–Trinajstić information content (AvgIpc) is 3.19. The standard InChI is InChI=1S/C24H22FN3O2S/c1-3-20(24(29)30-4-2)31-23-21-19(16-9-6-5-7-10-16)14-28(22(21)26-15-27-23)18-12-8-11-17(25)13-18/h5-15,20H,3-4H2,1-2H3/t20-/m0/s1. The second kappa shape index (κ2) is 9.31. The smallest absolute Gasteiger partial charge is 0.319 e. The van der Waals surface area contributed by atoms with Gasteiger partial charge in [-0.05, 0) is 37.1 Å². The Morgan fingerprint density at radius 1 is 1.13 bits per heavy atom. The quantitative estimate of drug-likeness (QED) is 0.213. The molecule has 0 aliphatic carbocycles. The molecule has 0 bridgehead atoms. The van der Waals surface area contributed by atoms with Crippen LogP contribution in [-0.2, 0) is 9.53 Å². The van der Waals surface area contributed by atoms with Gasteiger partial charge in [0.15, 0.2) is 0 Å². The van der Waals surface area contributed by atoms with Gasteiger partial charge in [-0.2, -0.15) is 0 Å². The molecule has 0 amide bonds. The predicted molar refractivity (Wildman–Crippen MR) is 121 cm³/mol. The van der Waals surface area contributed by atoms with Gasteiger partial charge in [0.2, 0.25) is 0 Å². The molecule has 0 radical (unpaired) electrons. The number of benzene rings is 2. The molecule has 0 aliphatic rings. The number of carbonyl (C=O) groups is 1. The number of rotatable bonds is 7. The van der Waals surface area contributed by atoms with Crippen LogP contribution in [0.1, 0.15) is 20.3 Å². The largest absolute Gasteiger partial charge is 0.465 e. The lowest BCUT2D eigenvalue weighted by atomic mass is 10.1. The van der Waals surface area contributed by atoms with Crippen LogP contribution in [-0.4, -0.2) is 32.4 Å². The molecule has 0 saturated carbocycles. The lowest BCUT2D eigenvalue weighted by Crippen LogP contribution is -2.19. The summed E-state index contributed by atoms with van der Waals surface area (Å²) in [5, 5.41) is 1.14. The van der Waals surface area contributed by atoms with Crippen LogP contribution in [0, 0.1) is 5.82 Å². The fourth-order valence-electron chi connectivity index (χ4n) is 3.45. The lowest BCUT2D eigenvalue weighted by Gasteiger charge is -2.13. The Hall–Kier alpha value is -3.19. The second-order valence-corrected chi connectivity index (χ2v) is 8.09. The highest BCUT2D eigenvalue weighted by Crippen LogP contribution is 2.38. The summed E-state index contributed by atoms with van der Waals surface area (Å²) in [5.74, 6) is -0.579. The molecule has 0 aliphatic heterocycles. The average molecular weight is 436 g/mol. The molecule has 1 atom stereocenters. The molecule has 0 saturated heterocycles. The van der Waals surface area contributed by atoms with Gasteiger partial charge in [-0.25, -0.2) is 14.4 Å². The molecule has 0 N–H and O–H groups in total. The Bertz CT molecular complexity index is 1210. The third-order valence-corrected chi connectivity index (χ3v) is 6.24. The molecule has 158 valence electrons. The number of nitrogens with zero attached hydrogens (tertiary/aromatic N) is 3. The van der Waals surface area contributed by atoms with E-state index in [4.69, 9.17) is 4.74 Å². The number of hydrogen-bond donors (Lipinski definition) is 0. The second-order valence-electron chi connectivity index (χ2n) is 6.90. The highest BCUT2D eigenvalue weighted by Gasteiger charge is 2.24. The molecule has 2 heterocycles. The van der Waals surface area contributed by atoms with E-state index in [0.717, 1.165) is 16.5 Å². The fraction of sp³-hybridized carbons (Fsp3) is 0.208. The van der Waals surface area contributed by atoms with Crippen LogP contribution in [0.3, 0.4) is 0 Å². The van der Waals surface area contributed by atoms with Crippen molar-refractivity contribution >= 4 is 28.8 Å². The molecule has 4 rings (SSSR count). The molecular weight excluding hydrogens is 413 g/mol. The zero-order valence-corrected chi connectivity index (χ0v) is 18.1. The van der Waals surface area contributed by atoms with E-state index in [1.807, 2.05) is 54.1 Å². The van der Waals surface area contributed by atoms with E-state index >= 15 is 0 Å². The van der Waals surface area contributed by atoms with Gasteiger partial charge in [0.05, 0.1) is 12.0 Å². The summed E-state index contributed by atoms with van der Waals surface area (Å²) in [5.41, 5.74) is 3.23. The Balaban J connectivity index is 1.91. The first-order valence-corrected chi connectivity index (χ1v) is 11.0. The van der Waals surface area contributed by atoms with Crippen molar-refractivity contribution in [3.63, 3.8) is 0 Å². The minimum absolute atomic E-state index is 0.257. The summed E-state index contributed by atoms with van der Waals surface area (Å²) in [6.07, 6.45) is 4.03. The maximum Gasteiger partial charge on any atom is 0.319 e. The Morgan fingerprint density at radius 2 is 1.94 bits per heavy atom. The van der Waals surface area contributed by atoms with E-state index in [1.165, 1.54) is 30.2 Å². The first kappa shape index (κ1) is 21.1. The van der Waals surface area contributed by atoms with Gasteiger partial charge in [-0.3, -0.25) is 4.79 Å². The highest BCUT2D eigenvalue weighted by molar-refractivity contribution is 8.00. The molecule has 5 nitrogen and oxygen atoms in total. The van der Waals surface area contributed by atoms with Crippen LogP contribution in [0.5, 0.6) is 0 Å². The minimum Gasteiger partial charge on any atom is -0.465 e. The molecule has 0 unspecified atom stereocenters. The predicted octanol–water partition coefficient (Wildman–Crippen LogP) is 5.66. The Morgan fingerprint density at radius 3 is 2.65 bits per heavy atom. The van der Waals surface area contributed by atoms with Crippen molar-refractivity contribution in [3.8, 4) is 16.8 Å². The summed E-state index contributed by atoms with van der Waals surface area (Å²) in [4.78, 5) is 21.4. The van der Waals surface area contributed by atoms with Gasteiger partial charge in [-0.15, -0.1) is 0 Å². The van der Waals surface area contributed by atoms with E-state index < -0.39 is 0 Å². The van der Waals surface area contributed by atoms with Gasteiger partial charge < -0.3 is 9.30 Å². The van der Waals surface area contributed by atoms with Gasteiger partial charge in [0.25, 0.3) is 0 Å². The third-order valence-electron chi connectivity index (χ3n) is 4.89. The normalized spacial score (nSPS) is 12.1. The van der Waals surface area contributed by atoms with Gasteiger partial charge >= 0.3 is 5.97 Å². The van der Waals surface area contributed by atoms with E-state index in [0.29, 0.717) is 29.4 Å². The summed E-state index contributed by atoms with van der Waals surface area (Å²) in [7, 11) is 0. The Labute approximate surface area is 184 Å². The zero-order valence-electron chi connectivity index (χ0n) is 17.3. The van der Waals surface area contributed by atoms with Crippen molar-refractivity contribution in [2.24, 2.45) is 0 Å². The van der Waals surface area contributed by atoms with E-state index in [9.17, 15) is 9.18 Å². The van der Waals surface area contributed by atoms with Crippen LogP contribution in [0.2, 0.25) is 0 Å². The van der Waals surface area contributed by atoms with Crippen molar-refractivity contribution in [1.29, 1.82) is 0 Å². The molecule has 0 fully saturated rings. The van der Waals surface area contributed by atoms with E-state index in [-0.39, 0.29) is 17.0 Å². The molecule has 0 spiro atoms. The number of thioether (sulfide) groups is 1. The monoisotopic (exact) mass is 435 g/mol. The summed E-state index contributed by atoms with van der Waals surface area (Å²) < 4.78 is 21.0. The number of halogens is 1. The molecular formula is C24H22FN3O2S. The van der Waals surface area contributed by atoms with Crippen molar-refractivity contribution in [2.45, 2.75) is 30.5 Å². The maximum atomic E-state index is 13.9. The fourth-order valence-corrected chi connectivity index (χ4v) is 4.48. The summed E-state index contributed by atoms with van der Waals surface area (Å²) in [6.45, 7) is 4.08. The summed E-state index contributed by atoms with van der Waals surface area (Å²) >= 11 is 1.37. The number of carbonyl (C=O) groups excluding carboxylic acids is 1. The SMILES string of the molecule is CCOC(=O)[C@H](CC)Sc1ncnc2c1c(-c1ccccc1)cn2-c1cccc(F)c1. The number of esters is 1. The van der Waals surface area contributed by atoms with Crippen molar-refractivity contribution in [3.05, 3.63) is 72.9 Å². The molecule has 2 aromatic heterocycles. The number of fused-ring (bicyclic) bond motifs is 1. The van der Waals surface area contributed by atoms with Gasteiger partial charge in [-0.1, -0.05) is 55.1 Å². The molecule has 2 aromatic carbocycles. The van der Waals surface area contributed by atoms with Crippen LogP contribution >= 0.6 is 11.8 Å². The van der Waals surface area contributed by atoms with Crippen molar-refractivity contribution in [1.82, 2.24) is 14.5 Å². The first-order chi connectivity index (χ1) is 15.1. The van der Waals surface area contributed by atoms with Crippen LogP contribution in [0.4, 0.5) is 4.39 Å². The van der Waals surface area contributed by atoms with Gasteiger partial charge in [0, 0.05) is 17.4 Å². The van der Waals surface area contributed by atoms with E-state index in [2.05, 4.69) is 9.97 Å². The third kappa shape index (κ3) is 4.32. The first-order valence-electron chi connectivity index (χ1n) is 10.1. The van der Waals surface area contributed by atoms with Crippen molar-refractivity contribution < 1.29 is 13.9 Å². The maximum absolute atomic E-state index is 13.9.